The van der Waals surface area contributed by atoms with Crippen molar-refractivity contribution in [2.24, 2.45) is 11.8 Å². The van der Waals surface area contributed by atoms with E-state index in [0.717, 1.165) is 25.7 Å². The Morgan fingerprint density at radius 3 is 2.70 bits per heavy atom. The number of likely N-dealkylation sites (tertiary alicyclic amines) is 1. The van der Waals surface area contributed by atoms with E-state index in [9.17, 15) is 9.59 Å². The molecule has 2 aliphatic heterocycles. The lowest BCUT2D eigenvalue weighted by molar-refractivity contribution is -0.137. The first-order chi connectivity index (χ1) is 11.1. The first-order valence-electron chi connectivity index (χ1n) is 8.50. The molecule has 0 aromatic heterocycles. The molecule has 0 unspecified atom stereocenters. The van der Waals surface area contributed by atoms with E-state index in [1.54, 1.807) is 0 Å². The molecule has 2 amide bonds. The standard InChI is InChI=1S/C16H25IN2O4/c1-22-16(21)18-14(10-5-7-23-8-6-10)15(20)19-12-4-2-3-11(12)9-13(19)17/h10-14H,2-9H2,1H3,(H,18,21)/t11-,12-,13-,14-/m0/s1. The van der Waals surface area contributed by atoms with Crippen LogP contribution >= 0.6 is 22.6 Å². The molecule has 1 aliphatic carbocycles. The molecule has 130 valence electrons. The van der Waals surface area contributed by atoms with Crippen molar-refractivity contribution < 1.29 is 19.1 Å². The van der Waals surface area contributed by atoms with Crippen molar-refractivity contribution in [3.05, 3.63) is 0 Å². The van der Waals surface area contributed by atoms with Crippen LogP contribution in [0.4, 0.5) is 4.79 Å². The molecule has 3 rings (SSSR count). The molecule has 0 spiro atoms. The number of alkyl carbamates (subject to hydrolysis) is 1. The summed E-state index contributed by atoms with van der Waals surface area (Å²) in [5, 5.41) is 2.80. The second-order valence-corrected chi connectivity index (χ2v) is 8.18. The minimum Gasteiger partial charge on any atom is -0.453 e. The molecule has 1 saturated carbocycles. The van der Waals surface area contributed by atoms with Gasteiger partial charge in [-0.3, -0.25) is 4.79 Å². The second kappa shape index (κ2) is 7.55. The van der Waals surface area contributed by atoms with Gasteiger partial charge in [0.25, 0.3) is 0 Å². The Balaban J connectivity index is 1.77. The van der Waals surface area contributed by atoms with Gasteiger partial charge in [0.1, 0.15) is 6.04 Å². The first-order valence-corrected chi connectivity index (χ1v) is 9.75. The van der Waals surface area contributed by atoms with Crippen LogP contribution in [0.2, 0.25) is 0 Å². The van der Waals surface area contributed by atoms with Crippen molar-refractivity contribution in [2.45, 2.75) is 54.7 Å². The van der Waals surface area contributed by atoms with Crippen LogP contribution in [0.15, 0.2) is 0 Å². The summed E-state index contributed by atoms with van der Waals surface area (Å²) < 4.78 is 10.4. The van der Waals surface area contributed by atoms with Gasteiger partial charge < -0.3 is 19.7 Å². The Kier molecular flexibility index (Phi) is 5.66. The van der Waals surface area contributed by atoms with E-state index in [-0.39, 0.29) is 15.9 Å². The van der Waals surface area contributed by atoms with Gasteiger partial charge in [-0.05, 0) is 43.9 Å². The van der Waals surface area contributed by atoms with Crippen molar-refractivity contribution in [2.75, 3.05) is 20.3 Å². The fourth-order valence-corrected chi connectivity index (χ4v) is 5.65. The van der Waals surface area contributed by atoms with Crippen LogP contribution < -0.4 is 5.32 Å². The SMILES string of the molecule is COC(=O)N[C@H](C(=O)N1[C@H](I)C[C@@H]2CCC[C@@H]21)C1CCOCC1. The molecular weight excluding hydrogens is 411 g/mol. The quantitative estimate of drug-likeness (QED) is 0.419. The fraction of sp³-hybridized carbons (Fsp3) is 0.875. The van der Waals surface area contributed by atoms with Crippen LogP contribution in [0.25, 0.3) is 0 Å². The predicted octanol–water partition coefficient (Wildman–Crippen LogP) is 2.30. The average molecular weight is 436 g/mol. The third kappa shape index (κ3) is 3.60. The zero-order valence-corrected chi connectivity index (χ0v) is 15.7. The number of nitrogens with zero attached hydrogens (tertiary/aromatic N) is 1. The molecule has 3 fully saturated rings. The van der Waals surface area contributed by atoms with Gasteiger partial charge in [0.2, 0.25) is 5.91 Å². The van der Waals surface area contributed by atoms with Crippen molar-refractivity contribution in [3.8, 4) is 0 Å². The number of hydrogen-bond donors (Lipinski definition) is 1. The number of rotatable bonds is 3. The number of fused-ring (bicyclic) bond motifs is 1. The summed E-state index contributed by atoms with van der Waals surface area (Å²) >= 11 is 2.38. The summed E-state index contributed by atoms with van der Waals surface area (Å²) in [7, 11) is 1.34. The zero-order valence-electron chi connectivity index (χ0n) is 13.5. The number of halogens is 1. The van der Waals surface area contributed by atoms with E-state index in [1.165, 1.54) is 20.0 Å². The highest BCUT2D eigenvalue weighted by molar-refractivity contribution is 14.1. The molecule has 0 radical (unpaired) electrons. The van der Waals surface area contributed by atoms with Crippen molar-refractivity contribution >= 4 is 34.6 Å². The summed E-state index contributed by atoms with van der Waals surface area (Å²) in [6, 6.07) is -0.144. The number of carbonyl (C=O) groups excluding carboxylic acids is 2. The molecule has 1 N–H and O–H groups in total. The molecule has 0 aromatic rings. The minimum atomic E-state index is -0.526. The van der Waals surface area contributed by atoms with Crippen molar-refractivity contribution in [1.82, 2.24) is 10.2 Å². The Morgan fingerprint density at radius 1 is 1.26 bits per heavy atom. The van der Waals surface area contributed by atoms with Crippen LogP contribution in [0.1, 0.15) is 38.5 Å². The van der Waals surface area contributed by atoms with Gasteiger partial charge in [-0.1, -0.05) is 29.0 Å². The summed E-state index contributed by atoms with van der Waals surface area (Å²) in [6.45, 7) is 1.30. The topological polar surface area (TPSA) is 67.9 Å². The molecule has 6 nitrogen and oxygen atoms in total. The summed E-state index contributed by atoms with van der Waals surface area (Å²) in [5.74, 6) is 0.824. The number of methoxy groups -OCH3 is 1. The highest BCUT2D eigenvalue weighted by Gasteiger charge is 2.47. The van der Waals surface area contributed by atoms with Crippen molar-refractivity contribution in [3.63, 3.8) is 0 Å². The smallest absolute Gasteiger partial charge is 0.407 e. The average Bonchev–Trinajstić information content (AvgIpc) is 3.12. The van der Waals surface area contributed by atoms with Crippen LogP contribution in [0.3, 0.4) is 0 Å². The Labute approximate surface area is 150 Å². The monoisotopic (exact) mass is 436 g/mol. The zero-order chi connectivity index (χ0) is 16.4. The summed E-state index contributed by atoms with van der Waals surface area (Å²) in [6.07, 6.45) is 5.67. The maximum absolute atomic E-state index is 13.3. The number of amides is 2. The van der Waals surface area contributed by atoms with Crippen LogP contribution in [-0.2, 0) is 14.3 Å². The Hall–Kier alpha value is -0.570. The predicted molar refractivity (Wildman–Crippen MR) is 93.3 cm³/mol. The molecule has 0 bridgehead atoms. The maximum Gasteiger partial charge on any atom is 0.407 e. The Morgan fingerprint density at radius 2 is 2.00 bits per heavy atom. The molecule has 0 aromatic carbocycles. The molecule has 23 heavy (non-hydrogen) atoms. The van der Waals surface area contributed by atoms with E-state index in [2.05, 4.69) is 27.9 Å². The number of ether oxygens (including phenoxy) is 2. The van der Waals surface area contributed by atoms with Gasteiger partial charge in [-0.25, -0.2) is 4.79 Å². The fourth-order valence-electron chi connectivity index (χ4n) is 4.31. The molecule has 4 atom stereocenters. The van der Waals surface area contributed by atoms with Gasteiger partial charge in [0.05, 0.1) is 11.2 Å². The highest BCUT2D eigenvalue weighted by Crippen LogP contribution is 2.44. The number of carbonyl (C=O) groups is 2. The third-order valence-corrected chi connectivity index (χ3v) is 6.60. The van der Waals surface area contributed by atoms with Crippen LogP contribution in [-0.4, -0.2) is 53.4 Å². The van der Waals surface area contributed by atoms with E-state index < -0.39 is 12.1 Å². The molecule has 2 heterocycles. The van der Waals surface area contributed by atoms with Gasteiger partial charge in [0, 0.05) is 19.3 Å². The second-order valence-electron chi connectivity index (χ2n) is 6.74. The lowest BCUT2D eigenvalue weighted by atomic mass is 9.90. The number of hydrogen-bond acceptors (Lipinski definition) is 4. The molecule has 7 heteroatoms. The number of alkyl halides is 1. The van der Waals surface area contributed by atoms with Crippen molar-refractivity contribution in [1.29, 1.82) is 0 Å². The van der Waals surface area contributed by atoms with Crippen LogP contribution in [0, 0.1) is 11.8 Å². The number of nitrogens with one attached hydrogen (secondary N) is 1. The summed E-state index contributed by atoms with van der Waals surface area (Å²) in [4.78, 5) is 27.1. The lowest BCUT2D eigenvalue weighted by Crippen LogP contribution is -2.55. The van der Waals surface area contributed by atoms with E-state index >= 15 is 0 Å². The maximum atomic E-state index is 13.3. The largest absolute Gasteiger partial charge is 0.453 e. The molecule has 2 saturated heterocycles. The summed E-state index contributed by atoms with van der Waals surface area (Å²) in [5.41, 5.74) is 0. The van der Waals surface area contributed by atoms with E-state index in [4.69, 9.17) is 9.47 Å². The lowest BCUT2D eigenvalue weighted by Gasteiger charge is -2.35. The van der Waals surface area contributed by atoms with E-state index in [0.29, 0.717) is 25.2 Å². The Bertz CT molecular complexity index is 455. The third-order valence-electron chi connectivity index (χ3n) is 5.49. The molecular formula is C16H25IN2O4. The van der Waals surface area contributed by atoms with Crippen LogP contribution in [0.5, 0.6) is 0 Å². The van der Waals surface area contributed by atoms with E-state index in [1.807, 2.05) is 4.90 Å². The normalized spacial score (nSPS) is 32.4. The van der Waals surface area contributed by atoms with Gasteiger partial charge >= 0.3 is 6.09 Å². The van der Waals surface area contributed by atoms with Gasteiger partial charge in [-0.15, -0.1) is 0 Å². The highest BCUT2D eigenvalue weighted by atomic mass is 127. The van der Waals surface area contributed by atoms with Gasteiger partial charge in [-0.2, -0.15) is 0 Å². The molecule has 3 aliphatic rings. The first kappa shape index (κ1) is 17.3. The minimum absolute atomic E-state index is 0.0658. The van der Waals surface area contributed by atoms with Gasteiger partial charge in [0.15, 0.2) is 0 Å².